The highest BCUT2D eigenvalue weighted by atomic mass is 16.7. The van der Waals surface area contributed by atoms with Crippen molar-refractivity contribution in [3.8, 4) is 62.3 Å². The first-order chi connectivity index (χ1) is 40.3. The van der Waals surface area contributed by atoms with Gasteiger partial charge in [-0.25, -0.2) is 39.1 Å². The minimum absolute atomic E-state index is 0.00840. The second kappa shape index (κ2) is 34.2. The summed E-state index contributed by atoms with van der Waals surface area (Å²) >= 11 is 0. The molecule has 0 saturated heterocycles. The SMILES string of the molecule is CC(C)OC(=O)c1cccc(-c2ccc(CO)cc2)n1.CC(C)OC(=O)c1cccc(-c2ccc(O)cc2)n1.COCCOc1ccc(-c2cccc(C(=O)OC(C)C)n2)cc1.COCOc1ccc(-c2cccc(C(=O)OC(C)C)n2)cc1. The smallest absolute Gasteiger partial charge is 0.357 e. The first kappa shape index (κ1) is 65.5. The molecule has 18 heteroatoms. The minimum Gasteiger partial charge on any atom is -0.508 e. The van der Waals surface area contributed by atoms with Gasteiger partial charge in [-0.2, -0.15) is 0 Å². The molecule has 4 aromatic carbocycles. The molecule has 8 rings (SSSR count). The molecule has 440 valence electrons. The highest BCUT2D eigenvalue weighted by Gasteiger charge is 2.16. The van der Waals surface area contributed by atoms with Crippen LogP contribution in [0.2, 0.25) is 0 Å². The van der Waals surface area contributed by atoms with E-state index in [1.54, 1.807) is 135 Å². The van der Waals surface area contributed by atoms with Crippen LogP contribution in [0.5, 0.6) is 17.2 Å². The molecular weight excluding hydrogens is 1070 g/mol. The van der Waals surface area contributed by atoms with Gasteiger partial charge in [0.1, 0.15) is 46.6 Å². The highest BCUT2D eigenvalue weighted by molar-refractivity contribution is 5.90. The number of phenolic OH excluding ortho intramolecular Hbond substituents is 1. The summed E-state index contributed by atoms with van der Waals surface area (Å²) in [5.74, 6) is -0.0241. The van der Waals surface area contributed by atoms with E-state index < -0.39 is 23.9 Å². The molecular formula is C66H72N4O14. The summed E-state index contributed by atoms with van der Waals surface area (Å²) in [5.41, 5.74) is 8.31. The molecule has 4 heterocycles. The van der Waals surface area contributed by atoms with Gasteiger partial charge in [0.15, 0.2) is 6.79 Å². The average molecular weight is 1150 g/mol. The van der Waals surface area contributed by atoms with Gasteiger partial charge in [-0.3, -0.25) is 0 Å². The van der Waals surface area contributed by atoms with Gasteiger partial charge in [0.2, 0.25) is 0 Å². The summed E-state index contributed by atoms with van der Waals surface area (Å²) in [5, 5.41) is 18.3. The number of aliphatic hydroxyl groups is 1. The fourth-order valence-corrected chi connectivity index (χ4v) is 7.16. The number of benzene rings is 4. The maximum absolute atomic E-state index is 11.9. The number of rotatable bonds is 20. The average Bonchev–Trinajstić information content (AvgIpc) is 3.54. The van der Waals surface area contributed by atoms with Crippen molar-refractivity contribution >= 4 is 23.9 Å². The molecule has 2 N–H and O–H groups in total. The minimum atomic E-state index is -0.435. The van der Waals surface area contributed by atoms with Gasteiger partial charge in [-0.15, -0.1) is 0 Å². The number of carbonyl (C=O) groups is 4. The van der Waals surface area contributed by atoms with Gasteiger partial charge in [0.25, 0.3) is 0 Å². The van der Waals surface area contributed by atoms with Gasteiger partial charge in [-0.1, -0.05) is 48.5 Å². The van der Waals surface area contributed by atoms with Crippen molar-refractivity contribution in [2.24, 2.45) is 0 Å². The molecule has 0 radical (unpaired) electrons. The summed E-state index contributed by atoms with van der Waals surface area (Å²) < 4.78 is 41.2. The number of methoxy groups -OCH3 is 2. The molecule has 0 aliphatic rings. The van der Waals surface area contributed by atoms with Crippen LogP contribution in [0.15, 0.2) is 170 Å². The Labute approximate surface area is 490 Å². The second-order valence-electron chi connectivity index (χ2n) is 19.3. The zero-order valence-corrected chi connectivity index (χ0v) is 48.9. The normalized spacial score (nSPS) is 10.6. The Balaban J connectivity index is 0.000000205. The number of hydrogen-bond acceptors (Lipinski definition) is 18. The molecule has 8 aromatic rings. The molecule has 0 aliphatic carbocycles. The first-order valence-corrected chi connectivity index (χ1v) is 27.0. The summed E-state index contributed by atoms with van der Waals surface area (Å²) in [6, 6.07) is 50.0. The van der Waals surface area contributed by atoms with Gasteiger partial charge in [0, 0.05) is 36.5 Å². The molecule has 0 saturated carbocycles. The summed E-state index contributed by atoms with van der Waals surface area (Å²) in [4.78, 5) is 64.7. The van der Waals surface area contributed by atoms with E-state index in [4.69, 9.17) is 43.0 Å². The maximum atomic E-state index is 11.9. The van der Waals surface area contributed by atoms with Crippen LogP contribution in [0.4, 0.5) is 0 Å². The number of pyridine rings is 4. The van der Waals surface area contributed by atoms with Crippen LogP contribution in [-0.2, 0) is 35.0 Å². The van der Waals surface area contributed by atoms with Crippen LogP contribution in [0, 0.1) is 0 Å². The summed E-state index contributed by atoms with van der Waals surface area (Å²) in [6.07, 6.45) is -0.685. The number of nitrogens with zero attached hydrogens (tertiary/aromatic N) is 4. The lowest BCUT2D eigenvalue weighted by molar-refractivity contribution is 0.0360. The monoisotopic (exact) mass is 1140 g/mol. The van der Waals surface area contributed by atoms with Crippen LogP contribution in [-0.4, -0.2) is 113 Å². The van der Waals surface area contributed by atoms with E-state index in [-0.39, 0.29) is 49.3 Å². The zero-order valence-electron chi connectivity index (χ0n) is 48.9. The van der Waals surface area contributed by atoms with Crippen molar-refractivity contribution in [3.05, 3.63) is 198 Å². The maximum Gasteiger partial charge on any atom is 0.357 e. The molecule has 0 fully saturated rings. The number of aromatic hydroxyl groups is 1. The van der Waals surface area contributed by atoms with Crippen molar-refractivity contribution in [3.63, 3.8) is 0 Å². The number of esters is 4. The molecule has 0 amide bonds. The third-order valence-corrected chi connectivity index (χ3v) is 11.0. The topological polar surface area (TPSA) is 234 Å². The number of carbonyl (C=O) groups excluding carboxylic acids is 4. The fraction of sp³-hybridized carbons (Fsp3) is 0.273. The molecule has 0 spiro atoms. The lowest BCUT2D eigenvalue weighted by Crippen LogP contribution is -2.13. The molecule has 0 aliphatic heterocycles. The van der Waals surface area contributed by atoms with Gasteiger partial charge < -0.3 is 48.1 Å². The lowest BCUT2D eigenvalue weighted by Gasteiger charge is -2.09. The van der Waals surface area contributed by atoms with Crippen LogP contribution in [0.1, 0.15) is 103 Å². The third-order valence-electron chi connectivity index (χ3n) is 11.0. The lowest BCUT2D eigenvalue weighted by atomic mass is 10.1. The number of hydrogen-bond donors (Lipinski definition) is 2. The third kappa shape index (κ3) is 22.2. The van der Waals surface area contributed by atoms with E-state index in [1.807, 2.05) is 105 Å². The quantitative estimate of drug-likeness (QED) is 0.0312. The second-order valence-corrected chi connectivity index (χ2v) is 19.3. The molecule has 0 bridgehead atoms. The Morgan fingerprint density at radius 2 is 0.679 bits per heavy atom. The number of aromatic nitrogens is 4. The summed E-state index contributed by atoms with van der Waals surface area (Å²) in [6.45, 7) is 15.7. The molecule has 0 unspecified atom stereocenters. The Kier molecular flexibility index (Phi) is 26.6. The first-order valence-electron chi connectivity index (χ1n) is 27.0. The zero-order chi connectivity index (χ0) is 61.0. The van der Waals surface area contributed by atoms with E-state index >= 15 is 0 Å². The fourth-order valence-electron chi connectivity index (χ4n) is 7.16. The predicted octanol–water partition coefficient (Wildman–Crippen LogP) is 12.5. The van der Waals surface area contributed by atoms with E-state index in [9.17, 15) is 24.3 Å². The Bertz CT molecular complexity index is 3320. The highest BCUT2D eigenvalue weighted by Crippen LogP contribution is 2.25. The van der Waals surface area contributed by atoms with Crippen molar-refractivity contribution in [2.45, 2.75) is 86.4 Å². The van der Waals surface area contributed by atoms with E-state index in [0.29, 0.717) is 58.8 Å². The molecule has 18 nitrogen and oxygen atoms in total. The van der Waals surface area contributed by atoms with Gasteiger partial charge in [0.05, 0.1) is 60.4 Å². The molecule has 84 heavy (non-hydrogen) atoms. The van der Waals surface area contributed by atoms with Crippen LogP contribution < -0.4 is 9.47 Å². The standard InChI is InChI=1S/C18H21NO4.C17H19NO4.C16H17NO3.C15H15NO3/c1-13(2)23-18(20)17-6-4-5-16(19-17)14-7-9-15(10-8-14)22-12-11-21-3;1-12(2)22-17(19)16-6-4-5-15(18-16)13-7-9-14(10-8-13)21-11-20-3;1-11(2)20-16(19)15-5-3-4-14(17-15)13-8-6-12(10-18)7-9-13;1-10(2)19-15(18)14-5-3-4-13(16-14)11-6-8-12(17)9-7-11/h4-10,13H,11-12H2,1-3H3;4-10,12H,11H2,1-3H3;3-9,11,18H,10H2,1-2H3;3-10,17H,1-2H3. The van der Waals surface area contributed by atoms with Crippen molar-refractivity contribution in [1.82, 2.24) is 19.9 Å². The molecule has 4 aromatic heterocycles. The Morgan fingerprint density at radius 3 is 0.964 bits per heavy atom. The van der Waals surface area contributed by atoms with E-state index in [1.165, 1.54) is 0 Å². The van der Waals surface area contributed by atoms with Crippen LogP contribution in [0.25, 0.3) is 45.0 Å². The van der Waals surface area contributed by atoms with Crippen LogP contribution in [0.3, 0.4) is 0 Å². The molecule has 0 atom stereocenters. The van der Waals surface area contributed by atoms with E-state index in [2.05, 4.69) is 19.9 Å². The van der Waals surface area contributed by atoms with Crippen molar-refractivity contribution in [2.75, 3.05) is 34.2 Å². The summed E-state index contributed by atoms with van der Waals surface area (Å²) in [7, 11) is 3.20. The Hall–Kier alpha value is -9.36. The Morgan fingerprint density at radius 1 is 0.381 bits per heavy atom. The van der Waals surface area contributed by atoms with Crippen molar-refractivity contribution < 1.29 is 67.3 Å². The van der Waals surface area contributed by atoms with Gasteiger partial charge >= 0.3 is 23.9 Å². The van der Waals surface area contributed by atoms with E-state index in [0.717, 1.165) is 33.6 Å². The van der Waals surface area contributed by atoms with Crippen LogP contribution >= 0.6 is 0 Å². The predicted molar refractivity (Wildman–Crippen MR) is 318 cm³/mol. The number of aliphatic hydroxyl groups excluding tert-OH is 1. The largest absolute Gasteiger partial charge is 0.508 e. The van der Waals surface area contributed by atoms with Crippen molar-refractivity contribution in [1.29, 1.82) is 0 Å². The number of ether oxygens (including phenoxy) is 8. The van der Waals surface area contributed by atoms with Gasteiger partial charge in [-0.05, 0) is 182 Å². The number of phenols is 1.